The van der Waals surface area contributed by atoms with Crippen molar-refractivity contribution in [3.63, 3.8) is 0 Å². The SMILES string of the molecule is C=CC(C)=CC=CC(C)(C)O. The summed E-state index contributed by atoms with van der Waals surface area (Å²) in [4.78, 5) is 0. The molecule has 0 unspecified atom stereocenters. The van der Waals surface area contributed by atoms with E-state index in [0.717, 1.165) is 5.57 Å². The van der Waals surface area contributed by atoms with Crippen molar-refractivity contribution in [1.29, 1.82) is 0 Å². The second-order valence-corrected chi connectivity index (χ2v) is 3.13. The van der Waals surface area contributed by atoms with Gasteiger partial charge in [-0.25, -0.2) is 0 Å². The fraction of sp³-hybridized carbons (Fsp3) is 0.400. The highest BCUT2D eigenvalue weighted by molar-refractivity contribution is 5.20. The Morgan fingerprint density at radius 1 is 1.45 bits per heavy atom. The van der Waals surface area contributed by atoms with E-state index in [1.165, 1.54) is 0 Å². The van der Waals surface area contributed by atoms with Crippen LogP contribution in [0.2, 0.25) is 0 Å². The highest BCUT2D eigenvalue weighted by atomic mass is 16.3. The summed E-state index contributed by atoms with van der Waals surface area (Å²) in [5.74, 6) is 0. The van der Waals surface area contributed by atoms with Gasteiger partial charge in [0.15, 0.2) is 0 Å². The van der Waals surface area contributed by atoms with E-state index in [4.69, 9.17) is 0 Å². The number of rotatable bonds is 3. The largest absolute Gasteiger partial charge is 0.386 e. The van der Waals surface area contributed by atoms with Crippen LogP contribution in [0.1, 0.15) is 20.8 Å². The van der Waals surface area contributed by atoms with Gasteiger partial charge in [0.25, 0.3) is 0 Å². The number of allylic oxidation sites excluding steroid dienone is 4. The molecular formula is C10H16O. The van der Waals surface area contributed by atoms with Crippen molar-refractivity contribution < 1.29 is 5.11 Å². The Morgan fingerprint density at radius 2 is 2.00 bits per heavy atom. The summed E-state index contributed by atoms with van der Waals surface area (Å²) in [7, 11) is 0. The predicted molar refractivity (Wildman–Crippen MR) is 49.4 cm³/mol. The van der Waals surface area contributed by atoms with Crippen molar-refractivity contribution in [3.8, 4) is 0 Å². The van der Waals surface area contributed by atoms with Crippen molar-refractivity contribution in [2.24, 2.45) is 0 Å². The summed E-state index contributed by atoms with van der Waals surface area (Å²) in [6.45, 7) is 9.04. The molecule has 0 aromatic carbocycles. The average molecular weight is 152 g/mol. The lowest BCUT2D eigenvalue weighted by molar-refractivity contribution is 0.133. The number of hydrogen-bond acceptors (Lipinski definition) is 1. The van der Waals surface area contributed by atoms with Crippen LogP contribution in [-0.2, 0) is 0 Å². The van der Waals surface area contributed by atoms with Gasteiger partial charge in [-0.2, -0.15) is 0 Å². The Balaban J connectivity index is 4.06. The van der Waals surface area contributed by atoms with Crippen molar-refractivity contribution in [3.05, 3.63) is 36.5 Å². The van der Waals surface area contributed by atoms with Crippen molar-refractivity contribution in [1.82, 2.24) is 0 Å². The Bertz CT molecular complexity index is 180. The topological polar surface area (TPSA) is 20.2 Å². The summed E-state index contributed by atoms with van der Waals surface area (Å²) in [5.41, 5.74) is 0.364. The normalized spacial score (nSPS) is 14.0. The fourth-order valence-electron chi connectivity index (χ4n) is 0.503. The van der Waals surface area contributed by atoms with Crippen LogP contribution in [0.15, 0.2) is 36.5 Å². The summed E-state index contributed by atoms with van der Waals surface area (Å²) >= 11 is 0. The second kappa shape index (κ2) is 4.14. The van der Waals surface area contributed by atoms with Gasteiger partial charge in [0.2, 0.25) is 0 Å². The number of hydrogen-bond donors (Lipinski definition) is 1. The molecular weight excluding hydrogens is 136 g/mol. The molecule has 0 heterocycles. The van der Waals surface area contributed by atoms with E-state index in [-0.39, 0.29) is 0 Å². The van der Waals surface area contributed by atoms with E-state index in [9.17, 15) is 5.11 Å². The first-order valence-corrected chi connectivity index (χ1v) is 3.66. The third kappa shape index (κ3) is 7.07. The molecule has 0 saturated heterocycles. The Morgan fingerprint density at radius 3 is 2.36 bits per heavy atom. The molecule has 0 aliphatic carbocycles. The van der Waals surface area contributed by atoms with Crippen LogP contribution in [0.25, 0.3) is 0 Å². The van der Waals surface area contributed by atoms with Crippen LogP contribution >= 0.6 is 0 Å². The highest BCUT2D eigenvalue weighted by Crippen LogP contribution is 2.03. The third-order valence-corrected chi connectivity index (χ3v) is 1.19. The number of aliphatic hydroxyl groups is 1. The minimum Gasteiger partial charge on any atom is -0.386 e. The van der Waals surface area contributed by atoms with Crippen LogP contribution < -0.4 is 0 Å². The van der Waals surface area contributed by atoms with Gasteiger partial charge in [-0.1, -0.05) is 36.5 Å². The molecule has 62 valence electrons. The first-order chi connectivity index (χ1) is 4.95. The van der Waals surface area contributed by atoms with Gasteiger partial charge < -0.3 is 5.11 Å². The monoisotopic (exact) mass is 152 g/mol. The predicted octanol–water partition coefficient (Wildman–Crippen LogP) is 2.45. The van der Waals surface area contributed by atoms with E-state index in [2.05, 4.69) is 6.58 Å². The molecule has 1 heteroatoms. The van der Waals surface area contributed by atoms with Crippen LogP contribution in [-0.4, -0.2) is 10.7 Å². The van der Waals surface area contributed by atoms with Crippen LogP contribution in [0.3, 0.4) is 0 Å². The third-order valence-electron chi connectivity index (χ3n) is 1.19. The quantitative estimate of drug-likeness (QED) is 0.616. The zero-order valence-corrected chi connectivity index (χ0v) is 7.46. The van der Waals surface area contributed by atoms with Gasteiger partial charge in [-0.3, -0.25) is 0 Å². The molecule has 0 bridgehead atoms. The molecule has 11 heavy (non-hydrogen) atoms. The molecule has 1 nitrogen and oxygen atoms in total. The van der Waals surface area contributed by atoms with E-state index in [1.54, 1.807) is 26.0 Å². The molecule has 0 aliphatic rings. The van der Waals surface area contributed by atoms with Crippen molar-refractivity contribution in [2.75, 3.05) is 0 Å². The lowest BCUT2D eigenvalue weighted by Gasteiger charge is -2.08. The minimum absolute atomic E-state index is 0.724. The zero-order valence-electron chi connectivity index (χ0n) is 7.46. The van der Waals surface area contributed by atoms with E-state index in [1.807, 2.05) is 19.1 Å². The molecule has 1 N–H and O–H groups in total. The average Bonchev–Trinajstić information content (AvgIpc) is 1.85. The maximum atomic E-state index is 9.26. The lowest BCUT2D eigenvalue weighted by atomic mass is 10.1. The fourth-order valence-corrected chi connectivity index (χ4v) is 0.503. The maximum Gasteiger partial charge on any atom is 0.0774 e. The van der Waals surface area contributed by atoms with Crippen molar-refractivity contribution >= 4 is 0 Å². The summed E-state index contributed by atoms with van der Waals surface area (Å²) in [6.07, 6.45) is 7.25. The van der Waals surface area contributed by atoms with Gasteiger partial charge in [0.05, 0.1) is 5.60 Å². The van der Waals surface area contributed by atoms with Gasteiger partial charge in [0, 0.05) is 0 Å². The Hall–Kier alpha value is -0.820. The van der Waals surface area contributed by atoms with Crippen molar-refractivity contribution in [2.45, 2.75) is 26.4 Å². The standard InChI is InChI=1S/C10H16O/c1-5-9(2)7-6-8-10(3,4)11/h5-8,11H,1H2,2-4H3. The molecule has 0 saturated carbocycles. The van der Waals surface area contributed by atoms with Gasteiger partial charge in [-0.15, -0.1) is 0 Å². The molecule has 0 aromatic heterocycles. The lowest BCUT2D eigenvalue weighted by Crippen LogP contribution is -2.13. The van der Waals surface area contributed by atoms with Crippen LogP contribution in [0.5, 0.6) is 0 Å². The molecule has 0 aliphatic heterocycles. The van der Waals surface area contributed by atoms with E-state index in [0.29, 0.717) is 0 Å². The first kappa shape index (κ1) is 10.2. The molecule has 0 rings (SSSR count). The van der Waals surface area contributed by atoms with Crippen LogP contribution in [0, 0.1) is 0 Å². The summed E-state index contributed by atoms with van der Waals surface area (Å²) < 4.78 is 0. The zero-order chi connectivity index (χ0) is 8.91. The summed E-state index contributed by atoms with van der Waals surface area (Å²) in [6, 6.07) is 0. The van der Waals surface area contributed by atoms with E-state index >= 15 is 0 Å². The molecule has 0 fully saturated rings. The van der Waals surface area contributed by atoms with Gasteiger partial charge in [-0.05, 0) is 20.8 Å². The first-order valence-electron chi connectivity index (χ1n) is 3.66. The molecule has 0 spiro atoms. The second-order valence-electron chi connectivity index (χ2n) is 3.13. The molecule has 0 amide bonds. The Kier molecular flexibility index (Phi) is 3.83. The van der Waals surface area contributed by atoms with Gasteiger partial charge >= 0.3 is 0 Å². The minimum atomic E-state index is -0.724. The summed E-state index contributed by atoms with van der Waals surface area (Å²) in [5, 5.41) is 9.26. The maximum absolute atomic E-state index is 9.26. The molecule has 0 radical (unpaired) electrons. The van der Waals surface area contributed by atoms with E-state index < -0.39 is 5.60 Å². The highest BCUT2D eigenvalue weighted by Gasteiger charge is 2.04. The molecule has 0 aromatic rings. The molecule has 0 atom stereocenters. The Labute approximate surface area is 68.7 Å². The smallest absolute Gasteiger partial charge is 0.0774 e. The van der Waals surface area contributed by atoms with Gasteiger partial charge in [0.1, 0.15) is 0 Å². The van der Waals surface area contributed by atoms with Crippen LogP contribution in [0.4, 0.5) is 0 Å².